The Balaban J connectivity index is 4.38. The lowest BCUT2D eigenvalue weighted by molar-refractivity contribution is -0.141. The Morgan fingerprint density at radius 2 is 3.00 bits per heavy atom. The van der Waals surface area contributed by atoms with Crippen LogP contribution in [0.4, 0.5) is 0 Å². The fourth-order valence-corrected chi connectivity index (χ4v) is 0.123. The fourth-order valence-electron chi connectivity index (χ4n) is 0.123. The molecule has 0 rings (SSSR count). The highest BCUT2D eigenvalue weighted by Crippen LogP contribution is 1.97. The minimum absolute atomic E-state index is 0.576. The Bertz CT molecular complexity index is 137. The van der Waals surface area contributed by atoms with Crippen molar-refractivity contribution in [2.24, 2.45) is 5.89 Å². The molecule has 7 heavy (non-hydrogen) atoms. The Morgan fingerprint density at radius 1 is 2.43 bits per heavy atom. The molecular formula is C5H10O2. The van der Waals surface area contributed by atoms with E-state index in [0.29, 0.717) is 0 Å². The van der Waals surface area contributed by atoms with Crippen LogP contribution in [0.1, 0.15) is 24.3 Å². The first-order valence-corrected chi connectivity index (χ1v) is 1.90. The average Bonchev–Trinajstić information content (AvgIpc) is 1.85. The van der Waals surface area contributed by atoms with Gasteiger partial charge in [0.2, 0.25) is 0 Å². The molecule has 2 nitrogen and oxygen atoms in total. The van der Waals surface area contributed by atoms with Gasteiger partial charge in [0, 0.05) is 4.11 Å². The third-order valence-electron chi connectivity index (χ3n) is 0.623. The van der Waals surface area contributed by atoms with Crippen LogP contribution < -0.4 is 0 Å². The molecule has 0 aromatic heterocycles. The van der Waals surface area contributed by atoms with E-state index >= 15 is 0 Å². The molecule has 0 aliphatic heterocycles. The number of carboxylic acid groups (broad SMARTS) is 1. The summed E-state index contributed by atoms with van der Waals surface area (Å²) >= 11 is 0. The zero-order valence-corrected chi connectivity index (χ0v) is 4.14. The Labute approximate surface area is 47.4 Å². The second-order valence-corrected chi connectivity index (χ2v) is 1.12. The van der Waals surface area contributed by atoms with Gasteiger partial charge in [-0.1, -0.05) is 13.8 Å². The van der Waals surface area contributed by atoms with Gasteiger partial charge in [-0.15, -0.1) is 0 Å². The summed E-state index contributed by atoms with van der Waals surface area (Å²) in [5, 5.41) is 8.38. The summed E-state index contributed by atoms with van der Waals surface area (Å²) in [5.41, 5.74) is 0. The van der Waals surface area contributed by atoms with Gasteiger partial charge in [0.25, 0.3) is 0 Å². The maximum atomic E-state index is 10.3. The van der Waals surface area contributed by atoms with E-state index in [1.165, 1.54) is 6.92 Å². The molecule has 0 aliphatic rings. The van der Waals surface area contributed by atoms with Crippen LogP contribution >= 0.6 is 0 Å². The van der Waals surface area contributed by atoms with Crippen molar-refractivity contribution in [1.82, 2.24) is 0 Å². The van der Waals surface area contributed by atoms with E-state index in [-0.39, 0.29) is 0 Å². The predicted octanol–water partition coefficient (Wildman–Crippen LogP) is 1.12. The van der Waals surface area contributed by atoms with E-state index in [0.717, 1.165) is 0 Å². The summed E-state index contributed by atoms with van der Waals surface area (Å²) in [7, 11) is 0. The van der Waals surface area contributed by atoms with Crippen LogP contribution in [0.25, 0.3) is 0 Å². The smallest absolute Gasteiger partial charge is 0.306 e. The van der Waals surface area contributed by atoms with Crippen LogP contribution in [0, 0.1) is 5.89 Å². The van der Waals surface area contributed by atoms with Crippen molar-refractivity contribution in [3.8, 4) is 0 Å². The van der Waals surface area contributed by atoms with Crippen LogP contribution in [0.15, 0.2) is 0 Å². The van der Waals surface area contributed by atoms with Gasteiger partial charge in [-0.25, -0.2) is 0 Å². The topological polar surface area (TPSA) is 37.3 Å². The summed E-state index contributed by atoms with van der Waals surface area (Å²) in [6, 6.07) is 0. The summed E-state index contributed by atoms with van der Waals surface area (Å²) in [4.78, 5) is 10.3. The van der Waals surface area contributed by atoms with E-state index in [4.69, 9.17) is 9.22 Å². The zero-order chi connectivity index (χ0) is 8.36. The van der Waals surface area contributed by atoms with E-state index in [9.17, 15) is 4.79 Å². The number of aliphatic carboxylic acids is 1. The molecule has 0 aromatic rings. The van der Waals surface area contributed by atoms with Gasteiger partial charge in [-0.2, -0.15) is 0 Å². The van der Waals surface area contributed by atoms with E-state index in [1.54, 1.807) is 0 Å². The normalized spacial score (nSPS) is 28.4. The third kappa shape index (κ3) is 2.20. The number of carbonyl (C=O) groups is 1. The van der Waals surface area contributed by atoms with Crippen molar-refractivity contribution in [1.29, 1.82) is 0 Å². The first-order chi connectivity index (χ1) is 4.45. The van der Waals surface area contributed by atoms with Crippen molar-refractivity contribution in [3.05, 3.63) is 0 Å². The molecular weight excluding hydrogens is 92.1 g/mol. The lowest BCUT2D eigenvalue weighted by atomic mass is 10.1. The molecule has 0 heterocycles. The van der Waals surface area contributed by atoms with Gasteiger partial charge in [0.15, 0.2) is 0 Å². The minimum Gasteiger partial charge on any atom is -0.481 e. The molecule has 0 saturated carbocycles. The molecule has 0 spiro atoms. The maximum Gasteiger partial charge on any atom is 0.306 e. The molecule has 42 valence electrons. The van der Waals surface area contributed by atoms with Gasteiger partial charge in [0.1, 0.15) is 0 Å². The molecule has 0 aliphatic carbocycles. The molecule has 2 atom stereocenters. The molecule has 0 aromatic carbocycles. The first-order valence-electron chi connectivity index (χ1n) is 3.68. The van der Waals surface area contributed by atoms with Crippen LogP contribution in [0.5, 0.6) is 0 Å². The summed E-state index contributed by atoms with van der Waals surface area (Å²) in [6.07, 6.45) is -1.07. The van der Waals surface area contributed by atoms with Crippen molar-refractivity contribution in [3.63, 3.8) is 0 Å². The quantitative estimate of drug-likeness (QED) is 0.571. The molecule has 2 heteroatoms. The summed E-state index contributed by atoms with van der Waals surface area (Å²) < 4.78 is 20.8. The zero-order valence-electron chi connectivity index (χ0n) is 7.14. The molecule has 0 unspecified atom stereocenters. The van der Waals surface area contributed by atoms with Gasteiger partial charge in [-0.05, 0) is 6.40 Å². The number of rotatable bonds is 2. The van der Waals surface area contributed by atoms with Crippen LogP contribution in [-0.4, -0.2) is 11.1 Å². The molecule has 1 N–H and O–H groups in total. The van der Waals surface area contributed by atoms with Gasteiger partial charge in [-0.3, -0.25) is 4.79 Å². The average molecular weight is 105 g/mol. The second kappa shape index (κ2) is 2.61. The van der Waals surface area contributed by atoms with E-state index < -0.39 is 25.2 Å². The lowest BCUT2D eigenvalue weighted by Gasteiger charge is -1.96. The van der Waals surface area contributed by atoms with Gasteiger partial charge < -0.3 is 5.11 Å². The minimum atomic E-state index is -1.96. The van der Waals surface area contributed by atoms with Crippen molar-refractivity contribution < 1.29 is 14.0 Å². The Morgan fingerprint density at radius 3 is 3.00 bits per heavy atom. The van der Waals surface area contributed by atoms with Crippen molar-refractivity contribution >= 4 is 5.97 Å². The summed E-state index contributed by atoms with van der Waals surface area (Å²) in [6.45, 7) is 0.725. The van der Waals surface area contributed by atoms with Crippen molar-refractivity contribution in [2.45, 2.75) is 20.2 Å². The molecule has 0 saturated heterocycles. The third-order valence-corrected chi connectivity index (χ3v) is 0.623. The second-order valence-electron chi connectivity index (χ2n) is 1.12. The van der Waals surface area contributed by atoms with Gasteiger partial charge in [0.05, 0.1) is 5.89 Å². The maximum absolute atomic E-state index is 10.3. The van der Waals surface area contributed by atoms with E-state index in [2.05, 4.69) is 0 Å². The highest BCUT2D eigenvalue weighted by Gasteiger charge is 2.05. The SMILES string of the molecule is [2H]C[C@]([2H])(C(=O)O)[C@H]([2H])C. The first kappa shape index (κ1) is 2.70. The number of carboxylic acids is 1. The number of hydrogen-bond donors (Lipinski definition) is 1. The standard InChI is InChI=1S/C5H10O2/c1-3-4(2)5(6)7/h4H,3H2,1-2H3,(H,6,7)/t4-/m0/s1/i2D,3D,4D/t3-,4+/m1. The van der Waals surface area contributed by atoms with E-state index in [1.807, 2.05) is 0 Å². The highest BCUT2D eigenvalue weighted by atomic mass is 16.4. The van der Waals surface area contributed by atoms with Crippen molar-refractivity contribution in [2.75, 3.05) is 0 Å². The number of hydrogen-bond acceptors (Lipinski definition) is 1. The predicted molar refractivity (Wildman–Crippen MR) is 27.1 cm³/mol. The Kier molecular flexibility index (Phi) is 1.01. The largest absolute Gasteiger partial charge is 0.481 e. The van der Waals surface area contributed by atoms with Crippen LogP contribution in [0.3, 0.4) is 0 Å². The van der Waals surface area contributed by atoms with Gasteiger partial charge >= 0.3 is 5.97 Å². The monoisotopic (exact) mass is 105 g/mol. The highest BCUT2D eigenvalue weighted by molar-refractivity contribution is 5.69. The summed E-state index contributed by atoms with van der Waals surface area (Å²) in [5.74, 6) is -3.36. The molecule has 0 amide bonds. The molecule has 0 radical (unpaired) electrons. The molecule has 0 fully saturated rings. The fraction of sp³-hybridized carbons (Fsp3) is 0.800. The van der Waals surface area contributed by atoms with Crippen LogP contribution in [0.2, 0.25) is 0 Å². The molecule has 0 bridgehead atoms. The Hall–Kier alpha value is -0.530. The lowest BCUT2D eigenvalue weighted by Crippen LogP contribution is -2.06. The van der Waals surface area contributed by atoms with Crippen LogP contribution in [-0.2, 0) is 4.79 Å².